The number of halogens is 2. The lowest BCUT2D eigenvalue weighted by Gasteiger charge is -2.26. The number of rotatable bonds is 7. The Labute approximate surface area is 189 Å². The van der Waals surface area contributed by atoms with Crippen LogP contribution in [0.4, 0.5) is 5.69 Å². The number of nitrogens with zero attached hydrogens (tertiary/aromatic N) is 1. The Morgan fingerprint density at radius 1 is 1.13 bits per heavy atom. The van der Waals surface area contributed by atoms with Crippen LogP contribution in [0.25, 0.3) is 0 Å². The summed E-state index contributed by atoms with van der Waals surface area (Å²) in [5, 5.41) is 2.87. The molecule has 0 aromatic heterocycles. The Kier molecular flexibility index (Phi) is 7.39. The van der Waals surface area contributed by atoms with Gasteiger partial charge in [-0.15, -0.1) is 0 Å². The van der Waals surface area contributed by atoms with E-state index in [0.29, 0.717) is 18.2 Å². The van der Waals surface area contributed by atoms with E-state index < -0.39 is 28.4 Å². The Morgan fingerprint density at radius 3 is 2.52 bits per heavy atom. The summed E-state index contributed by atoms with van der Waals surface area (Å²) in [6.45, 7) is 0.569. The van der Waals surface area contributed by atoms with Crippen molar-refractivity contribution >= 4 is 50.7 Å². The van der Waals surface area contributed by atoms with E-state index >= 15 is 0 Å². The van der Waals surface area contributed by atoms with Gasteiger partial charge in [0, 0.05) is 23.8 Å². The van der Waals surface area contributed by atoms with E-state index in [9.17, 15) is 18.0 Å². The third-order valence-electron chi connectivity index (χ3n) is 4.37. The van der Waals surface area contributed by atoms with Crippen molar-refractivity contribution in [1.29, 1.82) is 0 Å². The van der Waals surface area contributed by atoms with Crippen molar-refractivity contribution in [2.75, 3.05) is 38.2 Å². The molecule has 1 heterocycles. The van der Waals surface area contributed by atoms with Crippen LogP contribution in [0.2, 0.25) is 10.0 Å². The highest BCUT2D eigenvalue weighted by molar-refractivity contribution is 7.89. The number of amides is 2. The van der Waals surface area contributed by atoms with Crippen LogP contribution in [-0.2, 0) is 19.6 Å². The normalized spacial score (nSPS) is 14.8. The van der Waals surface area contributed by atoms with Gasteiger partial charge in [0.1, 0.15) is 10.6 Å². The minimum Gasteiger partial charge on any atom is -0.483 e. The van der Waals surface area contributed by atoms with Gasteiger partial charge in [-0.05, 0) is 36.4 Å². The molecule has 0 radical (unpaired) electrons. The van der Waals surface area contributed by atoms with Crippen LogP contribution in [0, 0.1) is 0 Å². The fraction of sp³-hybridized carbons (Fsp3) is 0.263. The Bertz CT molecular complexity index is 1100. The maximum Gasteiger partial charge on any atom is 0.262 e. The van der Waals surface area contributed by atoms with Crippen LogP contribution < -0.4 is 15.8 Å². The molecule has 1 saturated heterocycles. The van der Waals surface area contributed by atoms with Crippen LogP contribution in [-0.4, -0.2) is 57.4 Å². The highest BCUT2D eigenvalue weighted by Crippen LogP contribution is 2.28. The molecule has 31 heavy (non-hydrogen) atoms. The second kappa shape index (κ2) is 9.84. The molecule has 2 aromatic rings. The fourth-order valence-electron chi connectivity index (χ4n) is 2.87. The molecule has 9 nitrogen and oxygen atoms in total. The number of nitrogens with one attached hydrogen (secondary N) is 1. The number of carbonyl (C=O) groups is 2. The van der Waals surface area contributed by atoms with Crippen molar-refractivity contribution in [2.45, 2.75) is 4.90 Å². The topological polar surface area (TPSA) is 128 Å². The van der Waals surface area contributed by atoms with Crippen molar-refractivity contribution in [2.24, 2.45) is 5.73 Å². The number of nitrogens with two attached hydrogens (primary N) is 1. The molecule has 0 bridgehead atoms. The van der Waals surface area contributed by atoms with Gasteiger partial charge in [-0.1, -0.05) is 23.2 Å². The molecular weight excluding hydrogens is 469 g/mol. The number of sulfonamides is 1. The first-order valence-electron chi connectivity index (χ1n) is 9.08. The molecule has 3 rings (SSSR count). The van der Waals surface area contributed by atoms with E-state index in [-0.39, 0.29) is 40.0 Å². The highest BCUT2D eigenvalue weighted by atomic mass is 35.5. The lowest BCUT2D eigenvalue weighted by molar-refractivity contribution is -0.118. The first-order valence-corrected chi connectivity index (χ1v) is 11.3. The number of anilines is 1. The average molecular weight is 488 g/mol. The fourth-order valence-corrected chi connectivity index (χ4v) is 4.95. The van der Waals surface area contributed by atoms with Gasteiger partial charge in [0.2, 0.25) is 10.0 Å². The molecule has 1 aliphatic heterocycles. The molecular formula is C19H19Cl2N3O6S. The first kappa shape index (κ1) is 23.3. The van der Waals surface area contributed by atoms with Crippen molar-refractivity contribution in [1.82, 2.24) is 4.31 Å². The summed E-state index contributed by atoms with van der Waals surface area (Å²) >= 11 is 11.9. The van der Waals surface area contributed by atoms with E-state index in [1.165, 1.54) is 40.7 Å². The van der Waals surface area contributed by atoms with Crippen LogP contribution >= 0.6 is 23.2 Å². The van der Waals surface area contributed by atoms with E-state index in [1.54, 1.807) is 0 Å². The van der Waals surface area contributed by atoms with Gasteiger partial charge < -0.3 is 20.5 Å². The lowest BCUT2D eigenvalue weighted by atomic mass is 10.2. The zero-order valence-electron chi connectivity index (χ0n) is 16.1. The quantitative estimate of drug-likeness (QED) is 0.615. The zero-order valence-corrected chi connectivity index (χ0v) is 18.5. The lowest BCUT2D eigenvalue weighted by Crippen LogP contribution is -2.40. The van der Waals surface area contributed by atoms with Gasteiger partial charge in [-0.25, -0.2) is 8.42 Å². The summed E-state index contributed by atoms with van der Waals surface area (Å²) in [6, 6.07) is 8.38. The molecule has 1 aliphatic rings. The van der Waals surface area contributed by atoms with Gasteiger partial charge in [0.15, 0.2) is 6.61 Å². The van der Waals surface area contributed by atoms with Crippen LogP contribution in [0.5, 0.6) is 5.75 Å². The van der Waals surface area contributed by atoms with Crippen molar-refractivity contribution in [3.05, 3.63) is 52.0 Å². The van der Waals surface area contributed by atoms with Crippen molar-refractivity contribution in [3.63, 3.8) is 0 Å². The van der Waals surface area contributed by atoms with E-state index in [0.717, 1.165) is 0 Å². The second-order valence-electron chi connectivity index (χ2n) is 6.50. The number of hydrogen-bond donors (Lipinski definition) is 2. The number of morpholine rings is 1. The SMILES string of the molecule is NC(=O)c1cc(Cl)ccc1OCC(=O)Nc1ccc(Cl)c(S(=O)(=O)N2CCOCC2)c1. The number of primary amides is 1. The van der Waals surface area contributed by atoms with Gasteiger partial charge in [-0.2, -0.15) is 4.31 Å². The third-order valence-corrected chi connectivity index (χ3v) is 6.98. The largest absolute Gasteiger partial charge is 0.483 e. The van der Waals surface area contributed by atoms with E-state index in [4.69, 9.17) is 38.4 Å². The Hall–Kier alpha value is -2.37. The first-order chi connectivity index (χ1) is 14.7. The maximum absolute atomic E-state index is 12.9. The Balaban J connectivity index is 1.71. The standard InChI is InChI=1S/C19H19Cl2N3O6S/c20-12-1-4-16(14(9-12)19(22)26)30-11-18(25)23-13-2-3-15(21)17(10-13)31(27,28)24-5-7-29-8-6-24/h1-4,9-10H,5-8,11H2,(H2,22,26)(H,23,25). The minimum absolute atomic E-state index is 0.0330. The Morgan fingerprint density at radius 2 is 1.84 bits per heavy atom. The van der Waals surface area contributed by atoms with E-state index in [1.807, 2.05) is 0 Å². The predicted molar refractivity (Wildman–Crippen MR) is 115 cm³/mol. The number of carbonyl (C=O) groups excluding carboxylic acids is 2. The molecule has 0 atom stereocenters. The van der Waals surface area contributed by atoms with Gasteiger partial charge in [0.05, 0.1) is 23.8 Å². The van der Waals surface area contributed by atoms with Crippen molar-refractivity contribution in [3.8, 4) is 5.75 Å². The molecule has 166 valence electrons. The predicted octanol–water partition coefficient (Wildman–Crippen LogP) is 2.13. The summed E-state index contributed by atoms with van der Waals surface area (Å²) in [4.78, 5) is 23.7. The highest BCUT2D eigenvalue weighted by Gasteiger charge is 2.28. The molecule has 0 spiro atoms. The molecule has 2 aromatic carbocycles. The van der Waals surface area contributed by atoms with Gasteiger partial charge in [-0.3, -0.25) is 9.59 Å². The summed E-state index contributed by atoms with van der Waals surface area (Å²) in [6.07, 6.45) is 0. The minimum atomic E-state index is -3.85. The third kappa shape index (κ3) is 5.66. The van der Waals surface area contributed by atoms with Gasteiger partial charge >= 0.3 is 0 Å². The van der Waals surface area contributed by atoms with Crippen LogP contribution in [0.1, 0.15) is 10.4 Å². The number of ether oxygens (including phenoxy) is 2. The number of benzene rings is 2. The molecule has 12 heteroatoms. The van der Waals surface area contributed by atoms with Crippen LogP contribution in [0.3, 0.4) is 0 Å². The van der Waals surface area contributed by atoms with Crippen LogP contribution in [0.15, 0.2) is 41.3 Å². The molecule has 0 aliphatic carbocycles. The summed E-state index contributed by atoms with van der Waals surface area (Å²) in [5.74, 6) is -1.24. The smallest absolute Gasteiger partial charge is 0.262 e. The van der Waals surface area contributed by atoms with Crippen molar-refractivity contribution < 1.29 is 27.5 Å². The molecule has 0 unspecified atom stereocenters. The number of hydrogen-bond acceptors (Lipinski definition) is 6. The second-order valence-corrected chi connectivity index (χ2v) is 9.25. The molecule has 2 amide bonds. The van der Waals surface area contributed by atoms with E-state index in [2.05, 4.69) is 5.32 Å². The summed E-state index contributed by atoms with van der Waals surface area (Å²) < 4.78 is 37.6. The average Bonchev–Trinajstić information content (AvgIpc) is 2.74. The van der Waals surface area contributed by atoms with Gasteiger partial charge in [0.25, 0.3) is 11.8 Å². The maximum atomic E-state index is 12.9. The zero-order chi connectivity index (χ0) is 22.6. The molecule has 0 saturated carbocycles. The summed E-state index contributed by atoms with van der Waals surface area (Å²) in [7, 11) is -3.85. The monoisotopic (exact) mass is 487 g/mol. The molecule has 3 N–H and O–H groups in total. The summed E-state index contributed by atoms with van der Waals surface area (Å²) in [5.41, 5.74) is 5.54. The molecule has 1 fully saturated rings.